The summed E-state index contributed by atoms with van der Waals surface area (Å²) in [6, 6.07) is 4.36. The van der Waals surface area contributed by atoms with Crippen molar-refractivity contribution in [3.8, 4) is 5.75 Å². The molecule has 100 valence electrons. The molecule has 0 aromatic heterocycles. The average Bonchev–Trinajstić information content (AvgIpc) is 2.32. The summed E-state index contributed by atoms with van der Waals surface area (Å²) < 4.78 is 24.2. The van der Waals surface area contributed by atoms with Gasteiger partial charge >= 0.3 is 0 Å². The lowest BCUT2D eigenvalue weighted by atomic mass is 10.0. The largest absolute Gasteiger partial charge is 0.508 e. The molecule has 1 aliphatic rings. The standard InChI is InChI=1S/C13H18FNO2S/c1-9(12-3-2-10(14)8-13(12)16)15-11-4-6-18(17)7-5-11/h2-3,8-9,11,15-16H,4-7H2,1H3. The fourth-order valence-corrected chi connectivity index (χ4v) is 3.59. The van der Waals surface area contributed by atoms with Gasteiger partial charge in [0.1, 0.15) is 11.6 Å². The molecule has 0 bridgehead atoms. The lowest BCUT2D eigenvalue weighted by Crippen LogP contribution is -2.37. The number of rotatable bonds is 3. The van der Waals surface area contributed by atoms with Crippen molar-refractivity contribution in [2.24, 2.45) is 0 Å². The molecular formula is C13H18FNO2S. The molecule has 18 heavy (non-hydrogen) atoms. The van der Waals surface area contributed by atoms with Crippen LogP contribution in [0.5, 0.6) is 5.75 Å². The number of nitrogens with one attached hydrogen (secondary N) is 1. The van der Waals surface area contributed by atoms with Crippen molar-refractivity contribution in [3.63, 3.8) is 0 Å². The molecule has 0 spiro atoms. The van der Waals surface area contributed by atoms with Crippen LogP contribution in [0.2, 0.25) is 0 Å². The van der Waals surface area contributed by atoms with Crippen LogP contribution in [0.4, 0.5) is 4.39 Å². The van der Waals surface area contributed by atoms with Crippen LogP contribution in [0.3, 0.4) is 0 Å². The number of phenols is 1. The highest BCUT2D eigenvalue weighted by Crippen LogP contribution is 2.26. The molecule has 1 aromatic carbocycles. The maximum Gasteiger partial charge on any atom is 0.126 e. The van der Waals surface area contributed by atoms with Crippen LogP contribution in [0.1, 0.15) is 31.4 Å². The Morgan fingerprint density at radius 2 is 2.11 bits per heavy atom. The molecule has 1 heterocycles. The number of benzene rings is 1. The molecule has 3 nitrogen and oxygen atoms in total. The van der Waals surface area contributed by atoms with Crippen LogP contribution < -0.4 is 5.32 Å². The Morgan fingerprint density at radius 3 is 2.72 bits per heavy atom. The first kappa shape index (κ1) is 13.5. The zero-order valence-electron chi connectivity index (χ0n) is 10.4. The molecule has 2 N–H and O–H groups in total. The van der Waals surface area contributed by atoms with Gasteiger partial charge in [-0.3, -0.25) is 4.21 Å². The van der Waals surface area contributed by atoms with Gasteiger partial charge < -0.3 is 10.4 Å². The summed E-state index contributed by atoms with van der Waals surface area (Å²) >= 11 is 0. The molecule has 0 saturated carbocycles. The molecular weight excluding hydrogens is 253 g/mol. The van der Waals surface area contributed by atoms with Crippen LogP contribution in [-0.4, -0.2) is 26.9 Å². The fraction of sp³-hybridized carbons (Fsp3) is 0.538. The Kier molecular flexibility index (Phi) is 4.35. The van der Waals surface area contributed by atoms with E-state index in [1.54, 1.807) is 6.07 Å². The maximum atomic E-state index is 12.9. The van der Waals surface area contributed by atoms with E-state index in [0.29, 0.717) is 11.6 Å². The summed E-state index contributed by atoms with van der Waals surface area (Å²) in [5.41, 5.74) is 0.697. The summed E-state index contributed by atoms with van der Waals surface area (Å²) in [7, 11) is -0.667. The Morgan fingerprint density at radius 1 is 1.44 bits per heavy atom. The minimum absolute atomic E-state index is 0.0191. The number of aromatic hydroxyl groups is 1. The number of phenolic OH excluding ortho intramolecular Hbond substituents is 1. The summed E-state index contributed by atoms with van der Waals surface area (Å²) in [6.45, 7) is 1.94. The third kappa shape index (κ3) is 3.29. The van der Waals surface area contributed by atoms with Crippen molar-refractivity contribution in [2.45, 2.75) is 31.8 Å². The number of halogens is 1. The van der Waals surface area contributed by atoms with Crippen LogP contribution in [0.25, 0.3) is 0 Å². The Bertz CT molecular complexity index is 443. The second kappa shape index (κ2) is 5.80. The lowest BCUT2D eigenvalue weighted by Gasteiger charge is -2.26. The van der Waals surface area contributed by atoms with Gasteiger partial charge in [0.05, 0.1) is 0 Å². The molecule has 5 heteroatoms. The predicted octanol–water partition coefficient (Wildman–Crippen LogP) is 2.09. The van der Waals surface area contributed by atoms with E-state index < -0.39 is 16.6 Å². The highest BCUT2D eigenvalue weighted by atomic mass is 32.2. The second-order valence-corrected chi connectivity index (χ2v) is 6.41. The summed E-state index contributed by atoms with van der Waals surface area (Å²) in [6.07, 6.45) is 1.78. The summed E-state index contributed by atoms with van der Waals surface area (Å²) in [4.78, 5) is 0. The normalized spacial score (nSPS) is 25.9. The van der Waals surface area contributed by atoms with Crippen molar-refractivity contribution < 1.29 is 13.7 Å². The van der Waals surface area contributed by atoms with Gasteiger partial charge in [-0.15, -0.1) is 0 Å². The second-order valence-electron chi connectivity index (χ2n) is 4.71. The first-order valence-electron chi connectivity index (χ1n) is 6.15. The molecule has 1 unspecified atom stereocenters. The zero-order valence-corrected chi connectivity index (χ0v) is 11.2. The molecule has 1 atom stereocenters. The molecule has 1 fully saturated rings. The van der Waals surface area contributed by atoms with Crippen LogP contribution in [0, 0.1) is 5.82 Å². The van der Waals surface area contributed by atoms with Gasteiger partial charge in [-0.1, -0.05) is 6.07 Å². The van der Waals surface area contributed by atoms with E-state index in [4.69, 9.17) is 0 Å². The van der Waals surface area contributed by atoms with Gasteiger partial charge in [-0.25, -0.2) is 4.39 Å². The average molecular weight is 271 g/mol. The van der Waals surface area contributed by atoms with Crippen molar-refractivity contribution >= 4 is 10.8 Å². The zero-order chi connectivity index (χ0) is 13.1. The van der Waals surface area contributed by atoms with E-state index in [1.165, 1.54) is 6.07 Å². The van der Waals surface area contributed by atoms with E-state index >= 15 is 0 Å². The summed E-state index contributed by atoms with van der Waals surface area (Å²) in [5.74, 6) is 1.02. The first-order valence-corrected chi connectivity index (χ1v) is 7.64. The van der Waals surface area contributed by atoms with E-state index in [2.05, 4.69) is 5.32 Å². The van der Waals surface area contributed by atoms with Crippen LogP contribution in [0.15, 0.2) is 18.2 Å². The topological polar surface area (TPSA) is 49.3 Å². The van der Waals surface area contributed by atoms with E-state index in [9.17, 15) is 13.7 Å². The van der Waals surface area contributed by atoms with Crippen LogP contribution >= 0.6 is 0 Å². The van der Waals surface area contributed by atoms with Gasteiger partial charge in [0.15, 0.2) is 0 Å². The number of hydrogen-bond acceptors (Lipinski definition) is 3. The minimum Gasteiger partial charge on any atom is -0.508 e. The van der Waals surface area contributed by atoms with Gasteiger partial charge in [-0.2, -0.15) is 0 Å². The smallest absolute Gasteiger partial charge is 0.126 e. The Labute approximate surface area is 109 Å². The highest BCUT2D eigenvalue weighted by molar-refractivity contribution is 7.85. The third-order valence-corrected chi connectivity index (χ3v) is 4.71. The SMILES string of the molecule is CC(NC1CCS(=O)CC1)c1ccc(F)cc1O. The van der Waals surface area contributed by atoms with Crippen molar-refractivity contribution in [2.75, 3.05) is 11.5 Å². The van der Waals surface area contributed by atoms with Gasteiger partial charge in [-0.05, 0) is 25.8 Å². The molecule has 0 radical (unpaired) electrons. The minimum atomic E-state index is -0.667. The lowest BCUT2D eigenvalue weighted by molar-refractivity contribution is 0.406. The molecule has 2 rings (SSSR count). The van der Waals surface area contributed by atoms with E-state index in [0.717, 1.165) is 30.4 Å². The van der Waals surface area contributed by atoms with Crippen molar-refractivity contribution in [1.29, 1.82) is 0 Å². The highest BCUT2D eigenvalue weighted by Gasteiger charge is 2.20. The fourth-order valence-electron chi connectivity index (χ4n) is 2.29. The quantitative estimate of drug-likeness (QED) is 0.885. The molecule has 1 aliphatic heterocycles. The predicted molar refractivity (Wildman–Crippen MR) is 70.5 cm³/mol. The van der Waals surface area contributed by atoms with E-state index in [-0.39, 0.29) is 11.8 Å². The van der Waals surface area contributed by atoms with Crippen molar-refractivity contribution in [1.82, 2.24) is 5.32 Å². The maximum absolute atomic E-state index is 12.9. The molecule has 1 aromatic rings. The van der Waals surface area contributed by atoms with Gasteiger partial charge in [0.2, 0.25) is 0 Å². The van der Waals surface area contributed by atoms with Gasteiger partial charge in [0, 0.05) is 46.0 Å². The Hall–Kier alpha value is -0.940. The molecule has 1 saturated heterocycles. The van der Waals surface area contributed by atoms with Crippen molar-refractivity contribution in [3.05, 3.63) is 29.6 Å². The monoisotopic (exact) mass is 271 g/mol. The third-order valence-electron chi connectivity index (χ3n) is 3.33. The van der Waals surface area contributed by atoms with Gasteiger partial charge in [0.25, 0.3) is 0 Å². The van der Waals surface area contributed by atoms with E-state index in [1.807, 2.05) is 6.92 Å². The number of hydrogen-bond donors (Lipinski definition) is 2. The molecule has 0 amide bonds. The Balaban J connectivity index is 1.98. The molecule has 0 aliphatic carbocycles. The van der Waals surface area contributed by atoms with Crippen LogP contribution in [-0.2, 0) is 10.8 Å². The summed E-state index contributed by atoms with van der Waals surface area (Å²) in [5, 5.41) is 13.1. The first-order chi connectivity index (χ1) is 8.56.